The fraction of sp³-hybridized carbons (Fsp3) is 0.0667. The number of thiophene rings is 1. The van der Waals surface area contributed by atoms with E-state index in [-0.39, 0.29) is 17.5 Å². The van der Waals surface area contributed by atoms with Crippen LogP contribution in [0.3, 0.4) is 0 Å². The summed E-state index contributed by atoms with van der Waals surface area (Å²) in [7, 11) is 0. The van der Waals surface area contributed by atoms with Crippen molar-refractivity contribution >= 4 is 27.5 Å². The summed E-state index contributed by atoms with van der Waals surface area (Å²) < 4.78 is 1.21. The third kappa shape index (κ3) is 2.16. The zero-order chi connectivity index (χ0) is 15.7. The van der Waals surface area contributed by atoms with E-state index < -0.39 is 11.5 Å². The van der Waals surface area contributed by atoms with Gasteiger partial charge in [0.2, 0.25) is 0 Å². The van der Waals surface area contributed by atoms with Crippen LogP contribution >= 0.6 is 11.3 Å². The van der Waals surface area contributed by atoms with Crippen LogP contribution in [0.1, 0.15) is 10.4 Å². The Balaban J connectivity index is 2.40. The lowest BCUT2D eigenvalue weighted by atomic mass is 10.2. The van der Waals surface area contributed by atoms with Crippen molar-refractivity contribution in [2.24, 2.45) is 0 Å². The topological polar surface area (TPSA) is 96.0 Å². The van der Waals surface area contributed by atoms with E-state index in [1.165, 1.54) is 9.95 Å². The molecule has 0 saturated heterocycles. The molecule has 22 heavy (non-hydrogen) atoms. The molecule has 1 aromatic carbocycles. The number of aromatic carboxylic acids is 1. The van der Waals surface area contributed by atoms with Gasteiger partial charge in [0.25, 0.3) is 5.56 Å². The van der Waals surface area contributed by atoms with Gasteiger partial charge in [0.05, 0.1) is 17.0 Å². The molecule has 0 bridgehead atoms. The maximum Gasteiger partial charge on any atom is 0.337 e. The molecular weight excluding hydrogens is 302 g/mol. The molecule has 0 spiro atoms. The van der Waals surface area contributed by atoms with E-state index in [0.29, 0.717) is 16.2 Å². The Morgan fingerprint density at radius 3 is 2.73 bits per heavy atom. The molecule has 0 aliphatic rings. The smallest absolute Gasteiger partial charge is 0.337 e. The average molecular weight is 311 g/mol. The van der Waals surface area contributed by atoms with Crippen LogP contribution in [-0.2, 0) is 6.54 Å². The minimum absolute atomic E-state index is 0.0485. The quantitative estimate of drug-likeness (QED) is 0.801. The zero-order valence-electron chi connectivity index (χ0n) is 11.2. The molecule has 0 radical (unpaired) electrons. The van der Waals surface area contributed by atoms with E-state index in [2.05, 4.69) is 4.98 Å². The summed E-state index contributed by atoms with van der Waals surface area (Å²) in [5.74, 6) is -0.820. The Morgan fingerprint density at radius 2 is 2.09 bits per heavy atom. The molecule has 108 valence electrons. The summed E-state index contributed by atoms with van der Waals surface area (Å²) in [4.78, 5) is 28.6. The van der Waals surface area contributed by atoms with Crippen LogP contribution in [-0.4, -0.2) is 20.6 Å². The molecule has 0 fully saturated rings. The van der Waals surface area contributed by atoms with E-state index in [9.17, 15) is 9.59 Å². The van der Waals surface area contributed by atoms with Crippen LogP contribution in [0.15, 0.2) is 40.5 Å². The van der Waals surface area contributed by atoms with Crippen molar-refractivity contribution in [3.63, 3.8) is 0 Å². The molecule has 0 saturated carbocycles. The SMILES string of the molecule is N#CCn1c(-c2ccccc2)nc2scc(C(=O)O)c2c1=O. The van der Waals surface area contributed by atoms with Gasteiger partial charge >= 0.3 is 5.97 Å². The van der Waals surface area contributed by atoms with Crippen molar-refractivity contribution in [1.82, 2.24) is 9.55 Å². The number of carboxylic acids is 1. The highest BCUT2D eigenvalue weighted by atomic mass is 32.1. The van der Waals surface area contributed by atoms with Crippen molar-refractivity contribution < 1.29 is 9.90 Å². The monoisotopic (exact) mass is 311 g/mol. The van der Waals surface area contributed by atoms with Gasteiger partial charge in [-0.05, 0) is 0 Å². The van der Waals surface area contributed by atoms with E-state index in [0.717, 1.165) is 11.3 Å². The highest BCUT2D eigenvalue weighted by Crippen LogP contribution is 2.25. The molecule has 0 aliphatic carbocycles. The molecule has 1 N–H and O–H groups in total. The lowest BCUT2D eigenvalue weighted by Crippen LogP contribution is -2.23. The molecule has 3 rings (SSSR count). The Hall–Kier alpha value is -2.98. The normalized spacial score (nSPS) is 10.5. The number of carbonyl (C=O) groups is 1. The summed E-state index contributed by atoms with van der Waals surface area (Å²) in [6.07, 6.45) is 0. The number of benzene rings is 1. The molecule has 2 heterocycles. The Labute approximate surface area is 128 Å². The van der Waals surface area contributed by atoms with Crippen molar-refractivity contribution in [2.75, 3.05) is 0 Å². The van der Waals surface area contributed by atoms with Crippen molar-refractivity contribution in [3.8, 4) is 17.5 Å². The molecular formula is C15H9N3O3S. The van der Waals surface area contributed by atoms with Gasteiger partial charge in [-0.3, -0.25) is 9.36 Å². The van der Waals surface area contributed by atoms with Gasteiger partial charge in [0.1, 0.15) is 17.2 Å². The van der Waals surface area contributed by atoms with E-state index >= 15 is 0 Å². The van der Waals surface area contributed by atoms with E-state index in [1.807, 2.05) is 12.1 Å². The van der Waals surface area contributed by atoms with Crippen molar-refractivity contribution in [1.29, 1.82) is 5.26 Å². The maximum atomic E-state index is 12.6. The Morgan fingerprint density at radius 1 is 1.36 bits per heavy atom. The van der Waals surface area contributed by atoms with E-state index in [4.69, 9.17) is 10.4 Å². The maximum absolute atomic E-state index is 12.6. The second-order valence-corrected chi connectivity index (χ2v) is 5.34. The Bertz CT molecular complexity index is 967. The summed E-state index contributed by atoms with van der Waals surface area (Å²) in [5, 5.41) is 19.6. The van der Waals surface area contributed by atoms with Crippen molar-refractivity contribution in [2.45, 2.75) is 6.54 Å². The van der Waals surface area contributed by atoms with Crippen molar-refractivity contribution in [3.05, 3.63) is 51.6 Å². The largest absolute Gasteiger partial charge is 0.478 e. The first-order chi connectivity index (χ1) is 10.6. The number of fused-ring (bicyclic) bond motifs is 1. The van der Waals surface area contributed by atoms with Gasteiger partial charge in [-0.2, -0.15) is 5.26 Å². The fourth-order valence-electron chi connectivity index (χ4n) is 2.21. The van der Waals surface area contributed by atoms with Crippen LogP contribution in [0.2, 0.25) is 0 Å². The fourth-order valence-corrected chi connectivity index (χ4v) is 3.11. The number of aromatic nitrogens is 2. The van der Waals surface area contributed by atoms with Gasteiger partial charge in [0.15, 0.2) is 0 Å². The standard InChI is InChI=1S/C15H9N3O3S/c16-6-7-18-12(9-4-2-1-3-5-9)17-13-11(14(18)19)10(8-22-13)15(20)21/h1-5,8H,7H2,(H,20,21). The zero-order valence-corrected chi connectivity index (χ0v) is 12.0. The third-order valence-corrected chi connectivity index (χ3v) is 4.06. The van der Waals surface area contributed by atoms with E-state index in [1.54, 1.807) is 24.3 Å². The predicted molar refractivity (Wildman–Crippen MR) is 81.9 cm³/mol. The van der Waals surface area contributed by atoms with Gasteiger partial charge in [-0.1, -0.05) is 30.3 Å². The molecule has 2 aromatic heterocycles. The van der Waals surface area contributed by atoms with Crippen LogP contribution in [0, 0.1) is 11.3 Å². The van der Waals surface area contributed by atoms with Gasteiger partial charge in [-0.25, -0.2) is 9.78 Å². The molecule has 0 aliphatic heterocycles. The molecule has 7 heteroatoms. The highest BCUT2D eigenvalue weighted by molar-refractivity contribution is 7.17. The predicted octanol–water partition coefficient (Wildman–Crippen LogP) is 2.35. The molecule has 3 aromatic rings. The number of nitrogens with zero attached hydrogens (tertiary/aromatic N) is 3. The third-order valence-electron chi connectivity index (χ3n) is 3.18. The number of hydrogen-bond donors (Lipinski definition) is 1. The number of hydrogen-bond acceptors (Lipinski definition) is 5. The average Bonchev–Trinajstić information content (AvgIpc) is 2.95. The molecule has 0 amide bonds. The first-order valence-electron chi connectivity index (χ1n) is 6.31. The lowest BCUT2D eigenvalue weighted by Gasteiger charge is -2.09. The Kier molecular flexibility index (Phi) is 3.45. The first kappa shape index (κ1) is 14.0. The summed E-state index contributed by atoms with van der Waals surface area (Å²) in [6, 6.07) is 10.9. The number of rotatable bonds is 3. The van der Waals surface area contributed by atoms with Crippen LogP contribution in [0.5, 0.6) is 0 Å². The molecule has 0 unspecified atom stereocenters. The molecule has 0 atom stereocenters. The summed E-state index contributed by atoms with van der Waals surface area (Å²) >= 11 is 1.10. The lowest BCUT2D eigenvalue weighted by molar-refractivity contribution is 0.0699. The van der Waals surface area contributed by atoms with Crippen LogP contribution in [0.4, 0.5) is 0 Å². The van der Waals surface area contributed by atoms with Crippen LogP contribution < -0.4 is 5.56 Å². The minimum Gasteiger partial charge on any atom is -0.478 e. The second kappa shape index (κ2) is 5.42. The van der Waals surface area contributed by atoms with Gasteiger partial charge in [-0.15, -0.1) is 11.3 Å². The number of carboxylic acid groups (broad SMARTS) is 1. The minimum atomic E-state index is -1.18. The number of nitriles is 1. The summed E-state index contributed by atoms with van der Waals surface area (Å²) in [6.45, 7) is -0.194. The van der Waals surface area contributed by atoms with Gasteiger partial charge in [0, 0.05) is 10.9 Å². The second-order valence-electron chi connectivity index (χ2n) is 4.49. The highest BCUT2D eigenvalue weighted by Gasteiger charge is 2.19. The van der Waals surface area contributed by atoms with Gasteiger partial charge < -0.3 is 5.11 Å². The van der Waals surface area contributed by atoms with Crippen LogP contribution in [0.25, 0.3) is 21.6 Å². The molecule has 6 nitrogen and oxygen atoms in total. The first-order valence-corrected chi connectivity index (χ1v) is 7.19. The summed E-state index contributed by atoms with van der Waals surface area (Å²) in [5.41, 5.74) is 0.106.